The second-order valence-corrected chi connectivity index (χ2v) is 9.30. The third-order valence-corrected chi connectivity index (χ3v) is 7.56. The minimum absolute atomic E-state index is 0.0135. The van der Waals surface area contributed by atoms with Crippen molar-refractivity contribution in [3.63, 3.8) is 0 Å². The Hall–Kier alpha value is -1.56. The van der Waals surface area contributed by atoms with Crippen molar-refractivity contribution >= 4 is 11.7 Å². The first kappa shape index (κ1) is 16.6. The molecule has 1 aromatic heterocycles. The molecular weight excluding hydrogens is 328 g/mol. The molecule has 3 saturated carbocycles. The molecule has 7 atom stereocenters. The largest absolute Gasteiger partial charge is 0.391 e. The molecule has 4 aliphatic rings. The Balaban J connectivity index is 1.34. The molecule has 1 saturated heterocycles. The van der Waals surface area contributed by atoms with Gasteiger partial charge in [0.25, 0.3) is 5.91 Å². The van der Waals surface area contributed by atoms with Gasteiger partial charge in [-0.25, -0.2) is 0 Å². The Kier molecular flexibility index (Phi) is 3.82. The van der Waals surface area contributed by atoms with Crippen molar-refractivity contribution in [2.24, 2.45) is 36.6 Å². The minimum Gasteiger partial charge on any atom is -0.391 e. The average Bonchev–Trinajstić information content (AvgIpc) is 3.24. The van der Waals surface area contributed by atoms with Gasteiger partial charge in [-0.15, -0.1) is 0 Å². The number of aromatic nitrogens is 2. The maximum Gasteiger partial charge on any atom is 0.256 e. The van der Waals surface area contributed by atoms with Crippen molar-refractivity contribution in [1.29, 1.82) is 0 Å². The van der Waals surface area contributed by atoms with Gasteiger partial charge in [0, 0.05) is 26.2 Å². The van der Waals surface area contributed by atoms with Crippen LogP contribution in [0.15, 0.2) is 6.20 Å². The number of rotatable bonds is 3. The van der Waals surface area contributed by atoms with Crippen molar-refractivity contribution in [3.8, 4) is 0 Å². The van der Waals surface area contributed by atoms with Crippen LogP contribution in [0, 0.1) is 29.6 Å². The van der Waals surface area contributed by atoms with Crippen LogP contribution in [0.2, 0.25) is 0 Å². The van der Waals surface area contributed by atoms with Gasteiger partial charge in [0.15, 0.2) is 0 Å². The number of fused-ring (bicyclic) bond motifs is 1. The number of carbonyl (C=O) groups excluding carboxylic acids is 1. The molecular formula is C20H30N4O2. The summed E-state index contributed by atoms with van der Waals surface area (Å²) in [6.45, 7) is 3.73. The Bertz CT molecular complexity index is 717. The van der Waals surface area contributed by atoms with E-state index in [1.54, 1.807) is 10.9 Å². The first-order valence-electron chi connectivity index (χ1n) is 10.3. The topological polar surface area (TPSA) is 70.4 Å². The van der Waals surface area contributed by atoms with Gasteiger partial charge < -0.3 is 15.3 Å². The highest BCUT2D eigenvalue weighted by Gasteiger charge is 2.57. The first-order valence-corrected chi connectivity index (χ1v) is 10.3. The van der Waals surface area contributed by atoms with Gasteiger partial charge in [0.05, 0.1) is 12.3 Å². The molecule has 0 aromatic carbocycles. The third-order valence-electron chi connectivity index (χ3n) is 7.56. The number of aliphatic hydroxyl groups is 1. The van der Waals surface area contributed by atoms with Gasteiger partial charge in [-0.2, -0.15) is 5.10 Å². The van der Waals surface area contributed by atoms with Gasteiger partial charge in [-0.05, 0) is 61.7 Å². The summed E-state index contributed by atoms with van der Waals surface area (Å²) >= 11 is 0. The van der Waals surface area contributed by atoms with E-state index in [0.29, 0.717) is 30.0 Å². The smallest absolute Gasteiger partial charge is 0.256 e. The zero-order valence-electron chi connectivity index (χ0n) is 15.8. The third kappa shape index (κ3) is 2.48. The van der Waals surface area contributed by atoms with Gasteiger partial charge in [0.1, 0.15) is 11.4 Å². The van der Waals surface area contributed by atoms with Crippen LogP contribution in [-0.2, 0) is 7.05 Å². The Morgan fingerprint density at radius 1 is 1.23 bits per heavy atom. The van der Waals surface area contributed by atoms with Gasteiger partial charge in [-0.1, -0.05) is 6.92 Å². The van der Waals surface area contributed by atoms with E-state index in [1.807, 2.05) is 7.05 Å². The molecule has 142 valence electrons. The summed E-state index contributed by atoms with van der Waals surface area (Å²) in [5.74, 6) is 4.73. The quantitative estimate of drug-likeness (QED) is 0.864. The standard InChI is InChI=1S/C20H30N4O2/c1-11-5-12-7-14-15(6-11)18(16(14)8-12)22-19(26)17-9-21-23(2)20(17)24-4-3-13(25)10-24/h9,11-16,18,25H,3-8,10H2,1-2H3,(H,22,26). The van der Waals surface area contributed by atoms with E-state index in [2.05, 4.69) is 22.2 Å². The van der Waals surface area contributed by atoms with Crippen molar-refractivity contribution in [3.05, 3.63) is 11.8 Å². The van der Waals surface area contributed by atoms with E-state index in [-0.39, 0.29) is 12.0 Å². The maximum absolute atomic E-state index is 13.1. The van der Waals surface area contributed by atoms with Crippen LogP contribution in [0.25, 0.3) is 0 Å². The summed E-state index contributed by atoms with van der Waals surface area (Å²) in [5.41, 5.74) is 0.656. The molecule has 5 rings (SSSR count). The van der Waals surface area contributed by atoms with Crippen LogP contribution < -0.4 is 10.2 Å². The predicted octanol–water partition coefficient (Wildman–Crippen LogP) is 1.79. The fourth-order valence-corrected chi connectivity index (χ4v) is 6.55. The van der Waals surface area contributed by atoms with Gasteiger partial charge in [0.2, 0.25) is 0 Å². The maximum atomic E-state index is 13.1. The molecule has 2 bridgehead atoms. The number of aryl methyl sites for hydroxylation is 1. The number of β-amino-alcohol motifs (C(OH)–C–C–N with tert-alkyl or cyclic N) is 1. The summed E-state index contributed by atoms with van der Waals surface area (Å²) in [7, 11) is 1.88. The number of carbonyl (C=O) groups is 1. The Morgan fingerprint density at radius 2 is 2.00 bits per heavy atom. The fourth-order valence-electron chi connectivity index (χ4n) is 6.55. The molecule has 4 fully saturated rings. The first-order chi connectivity index (χ1) is 12.5. The number of nitrogens with zero attached hydrogens (tertiary/aromatic N) is 3. The summed E-state index contributed by atoms with van der Waals surface area (Å²) in [6, 6.07) is 0.345. The second kappa shape index (κ2) is 5.98. The second-order valence-electron chi connectivity index (χ2n) is 9.30. The normalized spacial score (nSPS) is 41.0. The van der Waals surface area contributed by atoms with E-state index in [0.717, 1.165) is 36.5 Å². The lowest BCUT2D eigenvalue weighted by Crippen LogP contribution is -2.58. The van der Waals surface area contributed by atoms with Crippen LogP contribution in [0.5, 0.6) is 0 Å². The molecule has 6 heteroatoms. The number of amides is 1. The van der Waals surface area contributed by atoms with Crippen molar-refractivity contribution in [2.45, 2.75) is 51.2 Å². The summed E-state index contributed by atoms with van der Waals surface area (Å²) < 4.78 is 1.77. The van der Waals surface area contributed by atoms with Crippen LogP contribution in [0.4, 0.5) is 5.82 Å². The highest BCUT2D eigenvalue weighted by Crippen LogP contribution is 2.59. The number of hydrogen-bond acceptors (Lipinski definition) is 4. The van der Waals surface area contributed by atoms with E-state index >= 15 is 0 Å². The predicted molar refractivity (Wildman–Crippen MR) is 98.9 cm³/mol. The van der Waals surface area contributed by atoms with Crippen molar-refractivity contribution in [2.75, 3.05) is 18.0 Å². The SMILES string of the molecule is CC1CC2CC3C(C1)C(NC(=O)c1cnn(C)c1N1CCC(O)C1)C3C2. The Morgan fingerprint density at radius 3 is 2.77 bits per heavy atom. The lowest BCUT2D eigenvalue weighted by Gasteiger charge is -2.50. The van der Waals surface area contributed by atoms with E-state index in [1.165, 1.54) is 25.7 Å². The molecule has 2 heterocycles. The lowest BCUT2D eigenvalue weighted by molar-refractivity contribution is 0.0194. The molecule has 1 amide bonds. The molecule has 0 radical (unpaired) electrons. The number of aliphatic hydroxyl groups excluding tert-OH is 1. The minimum atomic E-state index is -0.313. The van der Waals surface area contributed by atoms with Crippen LogP contribution in [-0.4, -0.2) is 46.0 Å². The number of hydrogen-bond donors (Lipinski definition) is 2. The average molecular weight is 358 g/mol. The number of anilines is 1. The molecule has 0 spiro atoms. The summed E-state index contributed by atoms with van der Waals surface area (Å²) in [6.07, 6.45) is 7.46. The molecule has 1 aromatic rings. The van der Waals surface area contributed by atoms with Crippen LogP contribution in [0.3, 0.4) is 0 Å². The van der Waals surface area contributed by atoms with Crippen LogP contribution in [0.1, 0.15) is 49.4 Å². The van der Waals surface area contributed by atoms with Crippen LogP contribution >= 0.6 is 0 Å². The summed E-state index contributed by atoms with van der Waals surface area (Å²) in [4.78, 5) is 15.2. The molecule has 1 aliphatic heterocycles. The molecule has 2 N–H and O–H groups in total. The molecule has 7 unspecified atom stereocenters. The van der Waals surface area contributed by atoms with E-state index in [4.69, 9.17) is 0 Å². The Labute approximate surface area is 154 Å². The zero-order chi connectivity index (χ0) is 18.0. The monoisotopic (exact) mass is 358 g/mol. The zero-order valence-corrected chi connectivity index (χ0v) is 15.8. The lowest BCUT2D eigenvalue weighted by atomic mass is 9.59. The fraction of sp³-hybridized carbons (Fsp3) is 0.800. The van der Waals surface area contributed by atoms with Crippen molar-refractivity contribution < 1.29 is 9.90 Å². The molecule has 3 aliphatic carbocycles. The molecule has 26 heavy (non-hydrogen) atoms. The van der Waals surface area contributed by atoms with Crippen molar-refractivity contribution in [1.82, 2.24) is 15.1 Å². The highest BCUT2D eigenvalue weighted by molar-refractivity contribution is 5.99. The number of nitrogens with one attached hydrogen (secondary N) is 1. The molecule has 6 nitrogen and oxygen atoms in total. The van der Waals surface area contributed by atoms with Gasteiger partial charge >= 0.3 is 0 Å². The van der Waals surface area contributed by atoms with Gasteiger partial charge in [-0.3, -0.25) is 9.48 Å². The summed E-state index contributed by atoms with van der Waals surface area (Å²) in [5, 5.41) is 17.6. The van der Waals surface area contributed by atoms with E-state index in [9.17, 15) is 9.90 Å². The highest BCUT2D eigenvalue weighted by atomic mass is 16.3. The van der Waals surface area contributed by atoms with E-state index < -0.39 is 0 Å².